The monoisotopic (exact) mass is 334 g/mol. The first kappa shape index (κ1) is 17.8. The minimum atomic E-state index is -5.08. The molecule has 23 heavy (non-hydrogen) atoms. The summed E-state index contributed by atoms with van der Waals surface area (Å²) in [4.78, 5) is 25.5. The molecule has 0 aromatic rings. The molecule has 3 fully saturated rings. The Morgan fingerprint density at radius 2 is 1.91 bits per heavy atom. The van der Waals surface area contributed by atoms with E-state index in [1.807, 2.05) is 11.0 Å². The number of fused-ring (bicyclic) bond motifs is 1. The molecule has 0 aromatic heterocycles. The van der Waals surface area contributed by atoms with Crippen LogP contribution in [0, 0.1) is 17.8 Å². The molecule has 0 aromatic carbocycles. The van der Waals surface area contributed by atoms with Crippen LogP contribution in [0.15, 0.2) is 12.7 Å². The highest BCUT2D eigenvalue weighted by Crippen LogP contribution is 2.36. The Morgan fingerprint density at radius 3 is 2.35 bits per heavy atom. The average molecular weight is 334 g/mol. The topological polar surface area (TPSA) is 60.9 Å². The van der Waals surface area contributed by atoms with Crippen LogP contribution in [0.2, 0.25) is 0 Å². The second kappa shape index (κ2) is 6.90. The van der Waals surface area contributed by atoms with Gasteiger partial charge in [-0.25, -0.2) is 4.79 Å². The van der Waals surface area contributed by atoms with Crippen LogP contribution in [0.4, 0.5) is 13.2 Å². The van der Waals surface area contributed by atoms with Crippen molar-refractivity contribution in [2.24, 2.45) is 17.8 Å². The fourth-order valence-corrected chi connectivity index (χ4v) is 3.17. The standard InChI is InChI=1S/C13H20N2O.C2HF3O2/c1-2-5-15-8-11-7-14(6-10-3-4-10)9-12(11)13(15)16;3-2(4,5)1(6)7/h2,10-12H,1,3-9H2;(H,6,7)/t11-,12-;/m0./s1. The summed E-state index contributed by atoms with van der Waals surface area (Å²) < 4.78 is 31.7. The minimum absolute atomic E-state index is 0.290. The number of halogens is 3. The van der Waals surface area contributed by atoms with Gasteiger partial charge in [-0.1, -0.05) is 6.08 Å². The molecule has 1 amide bonds. The number of hydrogen-bond acceptors (Lipinski definition) is 3. The molecule has 3 aliphatic rings. The lowest BCUT2D eigenvalue weighted by Gasteiger charge is -2.20. The quantitative estimate of drug-likeness (QED) is 0.794. The molecule has 2 atom stereocenters. The number of hydrogen-bond donors (Lipinski definition) is 1. The van der Waals surface area contributed by atoms with Crippen LogP contribution in [0.5, 0.6) is 0 Å². The molecule has 130 valence electrons. The largest absolute Gasteiger partial charge is 0.490 e. The lowest BCUT2D eigenvalue weighted by molar-refractivity contribution is -0.192. The molecule has 2 heterocycles. The van der Waals surface area contributed by atoms with E-state index in [2.05, 4.69) is 11.5 Å². The molecule has 2 saturated heterocycles. The molecule has 0 bridgehead atoms. The highest BCUT2D eigenvalue weighted by atomic mass is 19.4. The normalized spacial score (nSPS) is 27.4. The zero-order chi connectivity index (χ0) is 17.2. The maximum atomic E-state index is 12.1. The first-order chi connectivity index (χ1) is 10.7. The first-order valence-corrected chi connectivity index (χ1v) is 7.64. The van der Waals surface area contributed by atoms with Crippen molar-refractivity contribution in [3.63, 3.8) is 0 Å². The van der Waals surface area contributed by atoms with Gasteiger partial charge in [0.05, 0.1) is 5.92 Å². The van der Waals surface area contributed by atoms with Crippen LogP contribution in [0.1, 0.15) is 12.8 Å². The Kier molecular flexibility index (Phi) is 5.33. The number of likely N-dealkylation sites (tertiary alicyclic amines) is 2. The van der Waals surface area contributed by atoms with Gasteiger partial charge in [0.1, 0.15) is 0 Å². The van der Waals surface area contributed by atoms with E-state index in [-0.39, 0.29) is 0 Å². The molecule has 2 aliphatic heterocycles. The molecule has 0 spiro atoms. The molecule has 1 saturated carbocycles. The van der Waals surface area contributed by atoms with Gasteiger partial charge in [0.15, 0.2) is 0 Å². The summed E-state index contributed by atoms with van der Waals surface area (Å²) in [6.07, 6.45) is -0.439. The Bertz CT molecular complexity index is 477. The van der Waals surface area contributed by atoms with E-state index < -0.39 is 12.1 Å². The van der Waals surface area contributed by atoms with Gasteiger partial charge in [-0.3, -0.25) is 4.79 Å². The Balaban J connectivity index is 0.000000236. The van der Waals surface area contributed by atoms with Gasteiger partial charge in [-0.15, -0.1) is 6.58 Å². The molecule has 8 heteroatoms. The van der Waals surface area contributed by atoms with Crippen molar-refractivity contribution in [2.45, 2.75) is 19.0 Å². The van der Waals surface area contributed by atoms with Crippen molar-refractivity contribution in [3.05, 3.63) is 12.7 Å². The highest BCUT2D eigenvalue weighted by Gasteiger charge is 2.46. The number of carbonyl (C=O) groups excluding carboxylic acids is 1. The summed E-state index contributed by atoms with van der Waals surface area (Å²) in [6.45, 7) is 8.78. The lowest BCUT2D eigenvalue weighted by Crippen LogP contribution is -2.33. The van der Waals surface area contributed by atoms with E-state index in [1.165, 1.54) is 19.4 Å². The fraction of sp³-hybridized carbons (Fsp3) is 0.733. The molecular weight excluding hydrogens is 313 g/mol. The number of carboxylic acids is 1. The maximum absolute atomic E-state index is 12.1. The fourth-order valence-electron chi connectivity index (χ4n) is 3.17. The van der Waals surface area contributed by atoms with Gasteiger partial charge in [-0.05, 0) is 18.8 Å². The van der Waals surface area contributed by atoms with Crippen molar-refractivity contribution in [1.29, 1.82) is 0 Å². The molecule has 3 rings (SSSR count). The molecule has 5 nitrogen and oxygen atoms in total. The summed E-state index contributed by atoms with van der Waals surface area (Å²) in [5.41, 5.74) is 0. The smallest absolute Gasteiger partial charge is 0.475 e. The Labute approximate surface area is 132 Å². The third-order valence-corrected chi connectivity index (χ3v) is 4.41. The zero-order valence-electron chi connectivity index (χ0n) is 12.8. The predicted molar refractivity (Wildman–Crippen MR) is 76.6 cm³/mol. The number of carbonyl (C=O) groups is 2. The second-order valence-electron chi connectivity index (χ2n) is 6.36. The van der Waals surface area contributed by atoms with Gasteiger partial charge >= 0.3 is 12.1 Å². The van der Waals surface area contributed by atoms with Crippen molar-refractivity contribution in [3.8, 4) is 0 Å². The molecule has 0 unspecified atom stereocenters. The lowest BCUT2D eigenvalue weighted by atomic mass is 10.0. The van der Waals surface area contributed by atoms with E-state index in [9.17, 15) is 18.0 Å². The van der Waals surface area contributed by atoms with Gasteiger partial charge in [-0.2, -0.15) is 13.2 Å². The van der Waals surface area contributed by atoms with E-state index in [1.54, 1.807) is 0 Å². The number of carboxylic acid groups (broad SMARTS) is 1. The average Bonchev–Trinajstić information content (AvgIpc) is 3.09. The minimum Gasteiger partial charge on any atom is -0.475 e. The maximum Gasteiger partial charge on any atom is 0.490 e. The number of aliphatic carboxylic acids is 1. The SMILES string of the molecule is C=CCN1C[C@@H]2CN(CC3CC3)C[C@@H]2C1=O.O=C(O)C(F)(F)F. The van der Waals surface area contributed by atoms with E-state index >= 15 is 0 Å². The van der Waals surface area contributed by atoms with E-state index in [0.717, 1.165) is 32.1 Å². The summed E-state index contributed by atoms with van der Waals surface area (Å²) >= 11 is 0. The summed E-state index contributed by atoms with van der Waals surface area (Å²) in [6, 6.07) is 0. The molecule has 1 aliphatic carbocycles. The number of nitrogens with zero attached hydrogens (tertiary/aromatic N) is 2. The highest BCUT2D eigenvalue weighted by molar-refractivity contribution is 5.82. The van der Waals surface area contributed by atoms with Crippen LogP contribution in [-0.4, -0.2) is 65.7 Å². The van der Waals surface area contributed by atoms with Crippen LogP contribution in [-0.2, 0) is 9.59 Å². The summed E-state index contributed by atoms with van der Waals surface area (Å²) in [5, 5.41) is 7.12. The number of rotatable bonds is 4. The van der Waals surface area contributed by atoms with Crippen LogP contribution >= 0.6 is 0 Å². The Morgan fingerprint density at radius 1 is 1.30 bits per heavy atom. The van der Waals surface area contributed by atoms with Crippen LogP contribution in [0.25, 0.3) is 0 Å². The number of amides is 1. The predicted octanol–water partition coefficient (Wildman–Crippen LogP) is 1.61. The van der Waals surface area contributed by atoms with Gasteiger partial charge in [0.2, 0.25) is 5.91 Å². The van der Waals surface area contributed by atoms with Gasteiger partial charge in [0.25, 0.3) is 0 Å². The van der Waals surface area contributed by atoms with Crippen LogP contribution < -0.4 is 0 Å². The molecule has 1 N–H and O–H groups in total. The van der Waals surface area contributed by atoms with E-state index in [4.69, 9.17) is 9.90 Å². The molecule has 0 radical (unpaired) electrons. The third kappa shape index (κ3) is 4.70. The van der Waals surface area contributed by atoms with Crippen molar-refractivity contribution >= 4 is 11.9 Å². The zero-order valence-corrected chi connectivity index (χ0v) is 12.8. The summed E-state index contributed by atoms with van der Waals surface area (Å²) in [7, 11) is 0. The Hall–Kier alpha value is -1.57. The first-order valence-electron chi connectivity index (χ1n) is 7.64. The van der Waals surface area contributed by atoms with Gasteiger partial charge < -0.3 is 14.9 Å². The van der Waals surface area contributed by atoms with Crippen molar-refractivity contribution < 1.29 is 27.9 Å². The number of alkyl halides is 3. The summed E-state index contributed by atoms with van der Waals surface area (Å²) in [5.74, 6) is -0.571. The van der Waals surface area contributed by atoms with E-state index in [0.29, 0.717) is 17.7 Å². The van der Waals surface area contributed by atoms with Crippen molar-refractivity contribution in [2.75, 3.05) is 32.7 Å². The molecular formula is C15H21F3N2O3. The second-order valence-corrected chi connectivity index (χ2v) is 6.36. The van der Waals surface area contributed by atoms with Crippen molar-refractivity contribution in [1.82, 2.24) is 9.80 Å². The third-order valence-electron chi connectivity index (χ3n) is 4.41. The van der Waals surface area contributed by atoms with Crippen LogP contribution in [0.3, 0.4) is 0 Å². The van der Waals surface area contributed by atoms with Gasteiger partial charge in [0, 0.05) is 38.6 Å².